The van der Waals surface area contributed by atoms with Crippen LogP contribution in [0, 0.1) is 23.5 Å². The minimum absolute atomic E-state index is 0.0685. The zero-order chi connectivity index (χ0) is 21.1. The van der Waals surface area contributed by atoms with Crippen LogP contribution < -0.4 is 9.46 Å². The molecule has 1 aromatic carbocycles. The van der Waals surface area contributed by atoms with Gasteiger partial charge in [-0.3, -0.25) is 0 Å². The molecule has 3 aromatic heterocycles. The molecule has 4 aromatic rings. The zero-order valence-electron chi connectivity index (χ0n) is 15.5. The second kappa shape index (κ2) is 8.61. The van der Waals surface area contributed by atoms with Gasteiger partial charge in [-0.2, -0.15) is 0 Å². The number of nitrogens with one attached hydrogen (secondary N) is 1. The molecule has 0 aliphatic heterocycles. The second-order valence-electron chi connectivity index (χ2n) is 6.04. The van der Waals surface area contributed by atoms with Crippen LogP contribution in [0.2, 0.25) is 5.02 Å². The number of pyridine rings is 2. The van der Waals surface area contributed by atoms with Gasteiger partial charge in [0, 0.05) is 18.0 Å². The van der Waals surface area contributed by atoms with Gasteiger partial charge in [-0.05, 0) is 42.3 Å². The fourth-order valence-electron chi connectivity index (χ4n) is 2.62. The molecule has 0 saturated carbocycles. The molecule has 9 heteroatoms. The maximum atomic E-state index is 14.9. The van der Waals surface area contributed by atoms with Crippen molar-refractivity contribution in [2.75, 3.05) is 11.8 Å². The molecule has 0 spiro atoms. The van der Waals surface area contributed by atoms with Crippen LogP contribution in [0.25, 0.3) is 5.52 Å². The summed E-state index contributed by atoms with van der Waals surface area (Å²) in [5.41, 5.74) is 1.19. The van der Waals surface area contributed by atoms with Gasteiger partial charge in [-0.25, -0.2) is 18.7 Å². The average molecular weight is 443 g/mol. The summed E-state index contributed by atoms with van der Waals surface area (Å²) in [5, 5.41) is 0.404. The number of ether oxygens (including phenoxy) is 1. The highest BCUT2D eigenvalue weighted by atomic mass is 35.5. The molecule has 150 valence electrons. The third kappa shape index (κ3) is 4.17. The summed E-state index contributed by atoms with van der Waals surface area (Å²) in [4.78, 5) is 8.62. The van der Waals surface area contributed by atoms with Crippen molar-refractivity contribution in [3.8, 4) is 17.7 Å². The predicted octanol–water partition coefficient (Wildman–Crippen LogP) is 5.19. The van der Waals surface area contributed by atoms with Gasteiger partial charge in [0.05, 0.1) is 46.3 Å². The third-order valence-electron chi connectivity index (χ3n) is 4.09. The maximum absolute atomic E-state index is 14.9. The molecule has 0 aliphatic carbocycles. The van der Waals surface area contributed by atoms with Gasteiger partial charge in [-0.1, -0.05) is 23.4 Å². The Bertz CT molecular complexity index is 1300. The summed E-state index contributed by atoms with van der Waals surface area (Å²) in [6, 6.07) is 7.61. The van der Waals surface area contributed by atoms with E-state index in [2.05, 4.69) is 26.5 Å². The number of nitrogens with zero attached hydrogens (tertiary/aromatic N) is 3. The zero-order valence-corrected chi connectivity index (χ0v) is 17.1. The molecule has 0 amide bonds. The van der Waals surface area contributed by atoms with Crippen LogP contribution in [-0.2, 0) is 0 Å². The van der Waals surface area contributed by atoms with Crippen molar-refractivity contribution < 1.29 is 13.5 Å². The number of benzene rings is 1. The molecular formula is C21H13ClF2N4OS. The van der Waals surface area contributed by atoms with E-state index >= 15 is 0 Å². The van der Waals surface area contributed by atoms with Crippen molar-refractivity contribution >= 4 is 34.8 Å². The molecule has 0 radical (unpaired) electrons. The lowest BCUT2D eigenvalue weighted by Crippen LogP contribution is -1.98. The Balaban J connectivity index is 1.60. The minimum atomic E-state index is -0.797. The standard InChI is InChI=1S/C21H13ClF2N4OS/c1-29-21-19(9-14(22)10-26-21)30-27-18-5-4-17(23)16(20(18)24)3-2-13-6-7-28-12-25-11-15(28)8-13/h4-12,27H,1H3. The highest BCUT2D eigenvalue weighted by Crippen LogP contribution is 2.32. The largest absolute Gasteiger partial charge is 0.480 e. The van der Waals surface area contributed by atoms with E-state index in [9.17, 15) is 8.78 Å². The van der Waals surface area contributed by atoms with Crippen LogP contribution in [0.1, 0.15) is 11.1 Å². The van der Waals surface area contributed by atoms with Crippen LogP contribution in [0.5, 0.6) is 5.88 Å². The minimum Gasteiger partial charge on any atom is -0.480 e. The summed E-state index contributed by atoms with van der Waals surface area (Å²) >= 11 is 7.00. The fourth-order valence-corrected chi connectivity index (χ4v) is 3.63. The number of halogens is 3. The van der Waals surface area contributed by atoms with Crippen LogP contribution in [0.15, 0.2) is 60.1 Å². The first kappa shape index (κ1) is 20.0. The molecular weight excluding hydrogens is 430 g/mol. The van der Waals surface area contributed by atoms with Gasteiger partial charge >= 0.3 is 0 Å². The van der Waals surface area contributed by atoms with Gasteiger partial charge in [0.15, 0.2) is 5.82 Å². The molecule has 0 unspecified atom stereocenters. The van der Waals surface area contributed by atoms with Gasteiger partial charge in [-0.15, -0.1) is 0 Å². The fraction of sp³-hybridized carbons (Fsp3) is 0.0476. The van der Waals surface area contributed by atoms with Crippen molar-refractivity contribution in [3.05, 3.63) is 83.0 Å². The summed E-state index contributed by atoms with van der Waals surface area (Å²) in [6.07, 6.45) is 6.55. The van der Waals surface area contributed by atoms with Crippen LogP contribution in [0.3, 0.4) is 0 Å². The van der Waals surface area contributed by atoms with Crippen molar-refractivity contribution in [2.24, 2.45) is 0 Å². The lowest BCUT2D eigenvalue weighted by molar-refractivity contribution is 0.387. The number of hydrogen-bond donors (Lipinski definition) is 1. The highest BCUT2D eigenvalue weighted by Gasteiger charge is 2.14. The van der Waals surface area contributed by atoms with E-state index in [1.165, 1.54) is 19.4 Å². The summed E-state index contributed by atoms with van der Waals surface area (Å²) in [7, 11) is 1.47. The van der Waals surface area contributed by atoms with E-state index in [0.29, 0.717) is 21.4 Å². The molecule has 5 nitrogen and oxygen atoms in total. The quantitative estimate of drug-likeness (QED) is 0.348. The van der Waals surface area contributed by atoms with Crippen molar-refractivity contribution in [1.82, 2.24) is 14.4 Å². The van der Waals surface area contributed by atoms with E-state index in [1.807, 2.05) is 4.40 Å². The molecule has 0 fully saturated rings. The molecule has 4 rings (SSSR count). The average Bonchev–Trinajstić information content (AvgIpc) is 3.21. The van der Waals surface area contributed by atoms with Crippen LogP contribution in [0.4, 0.5) is 14.5 Å². The monoisotopic (exact) mass is 442 g/mol. The molecule has 3 heterocycles. The number of anilines is 1. The summed E-state index contributed by atoms with van der Waals surface area (Å²) in [6.45, 7) is 0. The first-order chi connectivity index (χ1) is 14.5. The Morgan fingerprint density at radius 1 is 1.17 bits per heavy atom. The van der Waals surface area contributed by atoms with Crippen molar-refractivity contribution in [3.63, 3.8) is 0 Å². The first-order valence-electron chi connectivity index (χ1n) is 8.59. The molecule has 0 bridgehead atoms. The van der Waals surface area contributed by atoms with Crippen LogP contribution in [-0.4, -0.2) is 21.5 Å². The Morgan fingerprint density at radius 2 is 2.03 bits per heavy atom. The summed E-state index contributed by atoms with van der Waals surface area (Å²) < 4.78 is 38.9. The van der Waals surface area contributed by atoms with E-state index in [1.54, 1.807) is 36.9 Å². The Morgan fingerprint density at radius 3 is 2.87 bits per heavy atom. The molecule has 0 aliphatic rings. The van der Waals surface area contributed by atoms with E-state index < -0.39 is 11.6 Å². The predicted molar refractivity (Wildman–Crippen MR) is 113 cm³/mol. The lowest BCUT2D eigenvalue weighted by atomic mass is 10.1. The van der Waals surface area contributed by atoms with Gasteiger partial charge in [0.1, 0.15) is 5.82 Å². The number of imidazole rings is 1. The Kier molecular flexibility index (Phi) is 5.74. The van der Waals surface area contributed by atoms with Crippen molar-refractivity contribution in [2.45, 2.75) is 4.90 Å². The lowest BCUT2D eigenvalue weighted by Gasteiger charge is -2.10. The summed E-state index contributed by atoms with van der Waals surface area (Å²) in [5.74, 6) is 4.17. The SMILES string of the molecule is COc1ncc(Cl)cc1SNc1ccc(F)c(C#Cc2ccn3cncc3c2)c1F. The van der Waals surface area contributed by atoms with E-state index in [4.69, 9.17) is 16.3 Å². The maximum Gasteiger partial charge on any atom is 0.228 e. The number of methoxy groups -OCH3 is 1. The second-order valence-corrected chi connectivity index (χ2v) is 7.32. The Hall–Kier alpha value is -3.28. The van der Waals surface area contributed by atoms with Gasteiger partial charge in [0.2, 0.25) is 5.88 Å². The highest BCUT2D eigenvalue weighted by molar-refractivity contribution is 8.00. The van der Waals surface area contributed by atoms with E-state index in [0.717, 1.165) is 23.5 Å². The molecule has 1 N–H and O–H groups in total. The Labute approximate surface area is 180 Å². The normalized spacial score (nSPS) is 10.5. The van der Waals surface area contributed by atoms with Crippen LogP contribution >= 0.6 is 23.5 Å². The molecule has 0 saturated heterocycles. The van der Waals surface area contributed by atoms with Gasteiger partial charge in [0.25, 0.3) is 0 Å². The topological polar surface area (TPSA) is 51.5 Å². The number of hydrogen-bond acceptors (Lipinski definition) is 5. The number of aromatic nitrogens is 3. The smallest absolute Gasteiger partial charge is 0.228 e. The molecule has 0 atom stereocenters. The van der Waals surface area contributed by atoms with Gasteiger partial charge < -0.3 is 13.9 Å². The number of fused-ring (bicyclic) bond motifs is 1. The third-order valence-corrected chi connectivity index (χ3v) is 5.13. The number of rotatable bonds is 4. The first-order valence-corrected chi connectivity index (χ1v) is 9.78. The van der Waals surface area contributed by atoms with E-state index in [-0.39, 0.29) is 11.3 Å². The van der Waals surface area contributed by atoms with Crippen molar-refractivity contribution in [1.29, 1.82) is 0 Å². The molecule has 30 heavy (non-hydrogen) atoms.